The number of aromatic nitrogens is 2. The number of carboxylic acids is 1. The first kappa shape index (κ1) is 25.9. The lowest BCUT2D eigenvalue weighted by Crippen LogP contribution is -2.23. The summed E-state index contributed by atoms with van der Waals surface area (Å²) in [6, 6.07) is 24.0. The van der Waals surface area contributed by atoms with Crippen molar-refractivity contribution in [3.8, 4) is 11.5 Å². The second-order valence-corrected chi connectivity index (χ2v) is 9.53. The SMILES string of the molecule is Cc1nc(Cc2ccc(NC(=O)c3ccccc3Oc3ccccc3)cc2)nc(N2CCCC2)c1CC(=O)O. The molecule has 0 bridgehead atoms. The molecule has 1 aliphatic rings. The number of anilines is 2. The maximum Gasteiger partial charge on any atom is 0.308 e. The highest BCUT2D eigenvalue weighted by Crippen LogP contribution is 2.27. The van der Waals surface area contributed by atoms with Crippen LogP contribution < -0.4 is 15.0 Å². The average Bonchev–Trinajstić information content (AvgIpc) is 3.47. The molecule has 2 N–H and O–H groups in total. The fourth-order valence-corrected chi connectivity index (χ4v) is 4.71. The first-order valence-corrected chi connectivity index (χ1v) is 13.0. The van der Waals surface area contributed by atoms with Gasteiger partial charge in [-0.25, -0.2) is 9.97 Å². The minimum atomic E-state index is -0.887. The van der Waals surface area contributed by atoms with E-state index in [1.54, 1.807) is 18.2 Å². The average molecular weight is 523 g/mol. The van der Waals surface area contributed by atoms with E-state index in [0.29, 0.717) is 46.3 Å². The van der Waals surface area contributed by atoms with Crippen molar-refractivity contribution in [1.82, 2.24) is 9.97 Å². The third-order valence-corrected chi connectivity index (χ3v) is 6.65. The summed E-state index contributed by atoms with van der Waals surface area (Å²) in [4.78, 5) is 36.1. The highest BCUT2D eigenvalue weighted by molar-refractivity contribution is 6.06. The van der Waals surface area contributed by atoms with Gasteiger partial charge in [0.15, 0.2) is 0 Å². The lowest BCUT2D eigenvalue weighted by atomic mass is 10.1. The van der Waals surface area contributed by atoms with Crippen molar-refractivity contribution in [2.75, 3.05) is 23.3 Å². The number of hydrogen-bond donors (Lipinski definition) is 2. The van der Waals surface area contributed by atoms with Crippen molar-refractivity contribution in [3.05, 3.63) is 107 Å². The van der Waals surface area contributed by atoms with E-state index in [1.165, 1.54) is 0 Å². The van der Waals surface area contributed by atoms with Gasteiger partial charge in [-0.05, 0) is 61.7 Å². The summed E-state index contributed by atoms with van der Waals surface area (Å²) >= 11 is 0. The summed E-state index contributed by atoms with van der Waals surface area (Å²) in [7, 11) is 0. The van der Waals surface area contributed by atoms with Gasteiger partial charge in [-0.3, -0.25) is 9.59 Å². The minimum absolute atomic E-state index is 0.0914. The van der Waals surface area contributed by atoms with Crippen molar-refractivity contribution in [1.29, 1.82) is 0 Å². The molecule has 198 valence electrons. The predicted molar refractivity (Wildman–Crippen MR) is 150 cm³/mol. The molecule has 0 atom stereocenters. The van der Waals surface area contributed by atoms with Crippen LogP contribution >= 0.6 is 0 Å². The number of ether oxygens (including phenoxy) is 1. The largest absolute Gasteiger partial charge is 0.481 e. The number of aliphatic carboxylic acids is 1. The smallest absolute Gasteiger partial charge is 0.308 e. The van der Waals surface area contributed by atoms with Crippen molar-refractivity contribution in [3.63, 3.8) is 0 Å². The molecule has 8 nitrogen and oxygen atoms in total. The molecule has 39 heavy (non-hydrogen) atoms. The van der Waals surface area contributed by atoms with Gasteiger partial charge in [0.2, 0.25) is 0 Å². The molecule has 0 unspecified atom stereocenters. The Balaban J connectivity index is 1.29. The van der Waals surface area contributed by atoms with Crippen molar-refractivity contribution in [2.45, 2.75) is 32.6 Å². The second kappa shape index (κ2) is 11.8. The van der Waals surface area contributed by atoms with Crippen molar-refractivity contribution >= 4 is 23.4 Å². The Morgan fingerprint density at radius 1 is 0.923 bits per heavy atom. The summed E-state index contributed by atoms with van der Waals surface area (Å²) in [5, 5.41) is 12.3. The lowest BCUT2D eigenvalue weighted by Gasteiger charge is -2.21. The summed E-state index contributed by atoms with van der Waals surface area (Å²) in [5.74, 6) is 1.36. The van der Waals surface area contributed by atoms with Crippen molar-refractivity contribution in [2.24, 2.45) is 0 Å². The predicted octanol–water partition coefficient (Wildman–Crippen LogP) is 5.65. The zero-order valence-electron chi connectivity index (χ0n) is 21.8. The molecule has 1 aromatic heterocycles. The van der Waals surface area contributed by atoms with E-state index in [2.05, 4.69) is 15.2 Å². The molecule has 0 spiro atoms. The number of carbonyl (C=O) groups excluding carboxylic acids is 1. The molecule has 8 heteroatoms. The third kappa shape index (κ3) is 6.41. The van der Waals surface area contributed by atoms with Gasteiger partial charge in [0.05, 0.1) is 12.0 Å². The van der Waals surface area contributed by atoms with E-state index in [4.69, 9.17) is 9.72 Å². The van der Waals surface area contributed by atoms with Crippen LogP contribution in [0.25, 0.3) is 0 Å². The van der Waals surface area contributed by atoms with E-state index < -0.39 is 5.97 Å². The summed E-state index contributed by atoms with van der Waals surface area (Å²) in [5.41, 5.74) is 3.46. The zero-order chi connectivity index (χ0) is 27.2. The van der Waals surface area contributed by atoms with Gasteiger partial charge in [-0.15, -0.1) is 0 Å². The molecule has 3 aromatic carbocycles. The molecule has 2 heterocycles. The van der Waals surface area contributed by atoms with Crippen LogP contribution in [0.1, 0.15) is 45.8 Å². The Bertz CT molecular complexity index is 1470. The van der Waals surface area contributed by atoms with Gasteiger partial charge in [-0.1, -0.05) is 42.5 Å². The van der Waals surface area contributed by atoms with Crippen LogP contribution in [0.2, 0.25) is 0 Å². The minimum Gasteiger partial charge on any atom is -0.481 e. The molecule has 0 aliphatic carbocycles. The highest BCUT2D eigenvalue weighted by atomic mass is 16.5. The number of hydrogen-bond acceptors (Lipinski definition) is 6. The topological polar surface area (TPSA) is 105 Å². The van der Waals surface area contributed by atoms with Gasteiger partial charge in [-0.2, -0.15) is 0 Å². The Morgan fingerprint density at radius 3 is 2.33 bits per heavy atom. The lowest BCUT2D eigenvalue weighted by molar-refractivity contribution is -0.136. The first-order valence-electron chi connectivity index (χ1n) is 13.0. The fraction of sp³-hybridized carbons (Fsp3) is 0.226. The van der Waals surface area contributed by atoms with Crippen LogP contribution in [0.3, 0.4) is 0 Å². The van der Waals surface area contributed by atoms with Crippen LogP contribution in [0.5, 0.6) is 11.5 Å². The molecule has 1 aliphatic heterocycles. The molecular formula is C31H30N4O4. The number of carboxylic acid groups (broad SMARTS) is 1. The Kier molecular flexibility index (Phi) is 7.82. The fourth-order valence-electron chi connectivity index (χ4n) is 4.71. The summed E-state index contributed by atoms with van der Waals surface area (Å²) in [6.07, 6.45) is 2.55. The third-order valence-electron chi connectivity index (χ3n) is 6.65. The Morgan fingerprint density at radius 2 is 1.62 bits per heavy atom. The maximum absolute atomic E-state index is 13.1. The monoisotopic (exact) mass is 522 g/mol. The molecule has 0 saturated carbocycles. The van der Waals surface area contributed by atoms with Crippen molar-refractivity contribution < 1.29 is 19.4 Å². The zero-order valence-corrected chi connectivity index (χ0v) is 21.8. The molecule has 5 rings (SSSR count). The summed E-state index contributed by atoms with van der Waals surface area (Å²) < 4.78 is 5.93. The molecule has 4 aromatic rings. The van der Waals surface area contributed by atoms with Crippen LogP contribution in [0.15, 0.2) is 78.9 Å². The maximum atomic E-state index is 13.1. The number of para-hydroxylation sites is 2. The highest BCUT2D eigenvalue weighted by Gasteiger charge is 2.22. The van der Waals surface area contributed by atoms with E-state index in [0.717, 1.165) is 37.3 Å². The Labute approximate surface area is 227 Å². The Hall–Kier alpha value is -4.72. The van der Waals surface area contributed by atoms with Crippen LogP contribution in [-0.4, -0.2) is 40.0 Å². The van der Waals surface area contributed by atoms with E-state index in [1.807, 2.05) is 67.6 Å². The van der Waals surface area contributed by atoms with Gasteiger partial charge in [0, 0.05) is 36.5 Å². The van der Waals surface area contributed by atoms with Gasteiger partial charge < -0.3 is 20.1 Å². The quantitative estimate of drug-likeness (QED) is 0.293. The molecule has 1 fully saturated rings. The van der Waals surface area contributed by atoms with Gasteiger partial charge in [0.25, 0.3) is 5.91 Å². The van der Waals surface area contributed by atoms with Crippen LogP contribution in [0.4, 0.5) is 11.5 Å². The van der Waals surface area contributed by atoms with E-state index in [-0.39, 0.29) is 12.3 Å². The number of rotatable bonds is 9. The molecule has 1 amide bonds. The van der Waals surface area contributed by atoms with Gasteiger partial charge in [0.1, 0.15) is 23.1 Å². The van der Waals surface area contributed by atoms with Crippen LogP contribution in [-0.2, 0) is 17.6 Å². The number of carbonyl (C=O) groups is 2. The molecule has 1 saturated heterocycles. The second-order valence-electron chi connectivity index (χ2n) is 9.53. The number of amides is 1. The number of nitrogens with one attached hydrogen (secondary N) is 1. The van der Waals surface area contributed by atoms with E-state index >= 15 is 0 Å². The first-order chi connectivity index (χ1) is 19.0. The van der Waals surface area contributed by atoms with E-state index in [9.17, 15) is 14.7 Å². The number of nitrogens with zero attached hydrogens (tertiary/aromatic N) is 3. The molecule has 0 radical (unpaired) electrons. The van der Waals surface area contributed by atoms with Crippen LogP contribution in [0, 0.1) is 6.92 Å². The number of aryl methyl sites for hydroxylation is 1. The standard InChI is InChI=1S/C31H30N4O4/c1-21-26(20-29(36)37)30(35-17-7-8-18-35)34-28(32-21)19-22-13-15-23(16-14-22)33-31(38)25-11-5-6-12-27(25)39-24-9-3-2-4-10-24/h2-6,9-16H,7-8,17-20H2,1H3,(H,33,38)(H,36,37). The van der Waals surface area contributed by atoms with Gasteiger partial charge >= 0.3 is 5.97 Å². The number of benzene rings is 3. The normalized spacial score (nSPS) is 12.8. The summed E-state index contributed by atoms with van der Waals surface area (Å²) in [6.45, 7) is 3.59. The molecular weight excluding hydrogens is 492 g/mol.